The summed E-state index contributed by atoms with van der Waals surface area (Å²) in [6.07, 6.45) is 0. The van der Waals surface area contributed by atoms with Gasteiger partial charge in [-0.1, -0.05) is 18.7 Å². The fraction of sp³-hybridized carbons (Fsp3) is 0.273. The van der Waals surface area contributed by atoms with Crippen molar-refractivity contribution in [3.8, 4) is 5.75 Å². The first-order valence-corrected chi connectivity index (χ1v) is 6.06. The Morgan fingerprint density at radius 2 is 2.06 bits per heavy atom. The van der Waals surface area contributed by atoms with E-state index >= 15 is 0 Å². The van der Waals surface area contributed by atoms with Crippen LogP contribution in [0.2, 0.25) is 0 Å². The first kappa shape index (κ1) is 16.7. The van der Waals surface area contributed by atoms with E-state index in [1.54, 1.807) is 26.0 Å². The van der Waals surface area contributed by atoms with E-state index in [1.165, 1.54) is 6.07 Å². The predicted molar refractivity (Wildman–Crippen MR) is 59.5 cm³/mol. The molecule has 0 aliphatic rings. The van der Waals surface area contributed by atoms with Crippen molar-refractivity contribution in [2.24, 2.45) is 0 Å². The van der Waals surface area contributed by atoms with Crippen molar-refractivity contribution in [3.05, 3.63) is 35.9 Å². The summed E-state index contributed by atoms with van der Waals surface area (Å²) in [5.74, 6) is 0.0815. The Morgan fingerprint density at radius 1 is 1.47 bits per heavy atom. The molecular weight excluding hydrogens is 251 g/mol. The zero-order chi connectivity index (χ0) is 12.3. The molecule has 0 unspecified atom stereocenters. The van der Waals surface area contributed by atoms with Gasteiger partial charge in [-0.3, -0.25) is 0 Å². The van der Waals surface area contributed by atoms with Crippen LogP contribution >= 0.6 is 0 Å². The Labute approximate surface area is 124 Å². The van der Waals surface area contributed by atoms with E-state index in [0.29, 0.717) is 5.56 Å². The topological polar surface area (TPSA) is 66.4 Å². The maximum Gasteiger partial charge on any atom is 1.00 e. The van der Waals surface area contributed by atoms with Crippen LogP contribution in [0.15, 0.2) is 35.2 Å². The van der Waals surface area contributed by atoms with Gasteiger partial charge in [0, 0.05) is 0 Å². The van der Waals surface area contributed by atoms with Gasteiger partial charge >= 0.3 is 29.6 Å². The minimum atomic E-state index is -4.52. The van der Waals surface area contributed by atoms with Crippen molar-refractivity contribution in [2.45, 2.75) is 18.7 Å². The Kier molecular flexibility index (Phi) is 6.43. The van der Waals surface area contributed by atoms with Crippen molar-refractivity contribution >= 4 is 10.1 Å². The number of aryl methyl sites for hydroxylation is 1. The molecule has 0 spiro atoms. The molecule has 1 aromatic carbocycles. The van der Waals surface area contributed by atoms with Crippen molar-refractivity contribution in [1.29, 1.82) is 0 Å². The molecule has 0 bridgehead atoms. The SMILES string of the molecule is C=C(C)COc1cccc(C)c1S(=O)(=O)[O-].[Na+]. The molecule has 1 aromatic rings. The van der Waals surface area contributed by atoms with Gasteiger partial charge in [-0.2, -0.15) is 0 Å². The second-order valence-corrected chi connectivity index (χ2v) is 4.92. The third-order valence-electron chi connectivity index (χ3n) is 1.90. The summed E-state index contributed by atoms with van der Waals surface area (Å²) in [5.41, 5.74) is 1.13. The zero-order valence-corrected chi connectivity index (χ0v) is 13.0. The van der Waals surface area contributed by atoms with Crippen LogP contribution in [0.25, 0.3) is 0 Å². The minimum absolute atomic E-state index is 0. The van der Waals surface area contributed by atoms with Crippen LogP contribution < -0.4 is 34.3 Å². The van der Waals surface area contributed by atoms with Crippen LogP contribution in [0.3, 0.4) is 0 Å². The average molecular weight is 264 g/mol. The first-order valence-electron chi connectivity index (χ1n) is 4.65. The maximum atomic E-state index is 11.1. The van der Waals surface area contributed by atoms with Gasteiger partial charge in [-0.25, -0.2) is 8.42 Å². The molecule has 0 radical (unpaired) electrons. The monoisotopic (exact) mass is 264 g/mol. The van der Waals surface area contributed by atoms with Gasteiger partial charge in [0.05, 0.1) is 4.90 Å². The third-order valence-corrected chi connectivity index (χ3v) is 2.92. The molecule has 0 heterocycles. The van der Waals surface area contributed by atoms with E-state index < -0.39 is 10.1 Å². The molecule has 1 rings (SSSR count). The van der Waals surface area contributed by atoms with Crippen LogP contribution in [0.4, 0.5) is 0 Å². The fourth-order valence-electron chi connectivity index (χ4n) is 1.26. The number of hydrogen-bond acceptors (Lipinski definition) is 4. The Hall–Kier alpha value is -0.330. The van der Waals surface area contributed by atoms with Crippen molar-refractivity contribution in [3.63, 3.8) is 0 Å². The first-order chi connectivity index (χ1) is 7.32. The molecule has 0 N–H and O–H groups in total. The van der Waals surface area contributed by atoms with Crippen molar-refractivity contribution < 1.29 is 47.3 Å². The Bertz CT molecular complexity index is 508. The maximum absolute atomic E-state index is 11.1. The molecule has 6 heteroatoms. The minimum Gasteiger partial charge on any atom is -0.744 e. The van der Waals surface area contributed by atoms with Crippen LogP contribution in [-0.2, 0) is 10.1 Å². The van der Waals surface area contributed by atoms with Gasteiger partial charge in [-0.15, -0.1) is 0 Å². The molecule has 0 aliphatic carbocycles. The number of ether oxygens (including phenoxy) is 1. The summed E-state index contributed by atoms with van der Waals surface area (Å²) in [5, 5.41) is 0. The average Bonchev–Trinajstić information content (AvgIpc) is 2.12. The molecule has 17 heavy (non-hydrogen) atoms. The summed E-state index contributed by atoms with van der Waals surface area (Å²) in [6, 6.07) is 4.65. The van der Waals surface area contributed by atoms with Gasteiger partial charge in [0.15, 0.2) is 0 Å². The predicted octanol–water partition coefficient (Wildman–Crippen LogP) is -1.14. The molecule has 0 atom stereocenters. The summed E-state index contributed by atoms with van der Waals surface area (Å²) in [7, 11) is -4.52. The van der Waals surface area contributed by atoms with E-state index in [9.17, 15) is 13.0 Å². The van der Waals surface area contributed by atoms with Crippen LogP contribution in [-0.4, -0.2) is 19.6 Å². The van der Waals surface area contributed by atoms with E-state index in [-0.39, 0.29) is 46.8 Å². The largest absolute Gasteiger partial charge is 1.00 e. The molecule has 0 amide bonds. The Morgan fingerprint density at radius 3 is 2.53 bits per heavy atom. The summed E-state index contributed by atoms with van der Waals surface area (Å²) < 4.78 is 38.4. The van der Waals surface area contributed by atoms with E-state index in [4.69, 9.17) is 4.74 Å². The number of rotatable bonds is 4. The van der Waals surface area contributed by atoms with Gasteiger partial charge in [-0.05, 0) is 31.1 Å². The summed E-state index contributed by atoms with van der Waals surface area (Å²) in [6.45, 7) is 7.12. The van der Waals surface area contributed by atoms with Crippen LogP contribution in [0, 0.1) is 6.92 Å². The van der Waals surface area contributed by atoms with Gasteiger partial charge in [0.1, 0.15) is 22.5 Å². The summed E-state index contributed by atoms with van der Waals surface area (Å²) in [4.78, 5) is -0.295. The number of benzene rings is 1. The molecular formula is C11H13NaO4S. The molecule has 4 nitrogen and oxygen atoms in total. The normalized spacial score (nSPS) is 10.5. The molecule has 0 fully saturated rings. The standard InChI is InChI=1S/C11H14O4S.Na/c1-8(2)7-15-10-6-4-5-9(3)11(10)16(12,13)14;/h4-6H,1,7H2,2-3H3,(H,12,13,14);/q;+1/p-1. The van der Waals surface area contributed by atoms with Gasteiger partial charge in [0.25, 0.3) is 0 Å². The van der Waals surface area contributed by atoms with E-state index in [1.807, 2.05) is 0 Å². The van der Waals surface area contributed by atoms with Crippen molar-refractivity contribution in [1.82, 2.24) is 0 Å². The molecule has 0 aliphatic heterocycles. The van der Waals surface area contributed by atoms with Crippen molar-refractivity contribution in [2.75, 3.05) is 6.61 Å². The zero-order valence-electron chi connectivity index (χ0n) is 10.2. The molecule has 0 saturated heterocycles. The summed E-state index contributed by atoms with van der Waals surface area (Å²) >= 11 is 0. The van der Waals surface area contributed by atoms with Gasteiger partial charge in [0.2, 0.25) is 0 Å². The fourth-order valence-corrected chi connectivity index (χ4v) is 2.10. The molecule has 0 aromatic heterocycles. The molecule has 0 saturated carbocycles. The smallest absolute Gasteiger partial charge is 0.744 e. The number of hydrogen-bond donors (Lipinski definition) is 0. The Balaban J connectivity index is 0.00000256. The second kappa shape index (κ2) is 6.56. The molecule has 88 valence electrons. The van der Waals surface area contributed by atoms with E-state index in [2.05, 4.69) is 6.58 Å². The third kappa shape index (κ3) is 4.81. The quantitative estimate of drug-likeness (QED) is 0.391. The van der Waals surface area contributed by atoms with Crippen LogP contribution in [0.1, 0.15) is 12.5 Å². The second-order valence-electron chi connectivity index (χ2n) is 3.60. The van der Waals surface area contributed by atoms with Crippen LogP contribution in [0.5, 0.6) is 5.75 Å². The van der Waals surface area contributed by atoms with E-state index in [0.717, 1.165) is 5.57 Å². The van der Waals surface area contributed by atoms with Gasteiger partial charge < -0.3 is 9.29 Å².